The molecule has 0 aliphatic heterocycles. The van der Waals surface area contributed by atoms with Crippen LogP contribution in [0.2, 0.25) is 0 Å². The number of hydrogen-bond donors (Lipinski definition) is 1. The minimum absolute atomic E-state index is 0.419. The van der Waals surface area contributed by atoms with Crippen LogP contribution in [0.1, 0.15) is 38.3 Å². The standard InChI is InChI=1S/C30H28FN5O/c1-17-18-7-9-19(10-8-18)23(17)14-22-15-25(27-12-11-26(37-27)20-5-3-2-4-6-20)34-30(33-22)28-24-13-21(31)16-32-29(24)36-35-28/h2-6,11-13,15-19,23H,7-10,14H2,1H3,(H,32,35,36)/t17-,18?,19?,23+/m0/s1. The van der Waals surface area contributed by atoms with Gasteiger partial charge in [-0.25, -0.2) is 19.3 Å². The van der Waals surface area contributed by atoms with E-state index in [0.29, 0.717) is 45.8 Å². The Morgan fingerprint density at radius 1 is 0.946 bits per heavy atom. The molecule has 7 heteroatoms. The van der Waals surface area contributed by atoms with Crippen LogP contribution in [-0.2, 0) is 6.42 Å². The van der Waals surface area contributed by atoms with Crippen LogP contribution >= 0.6 is 0 Å². The van der Waals surface area contributed by atoms with E-state index >= 15 is 0 Å². The van der Waals surface area contributed by atoms with Crippen molar-refractivity contribution < 1.29 is 8.81 Å². The van der Waals surface area contributed by atoms with Crippen LogP contribution in [0.5, 0.6) is 0 Å². The van der Waals surface area contributed by atoms with Gasteiger partial charge in [0.1, 0.15) is 23.0 Å². The number of aromatic nitrogens is 5. The molecule has 0 amide bonds. The molecule has 0 unspecified atom stereocenters. The Hall–Kier alpha value is -3.87. The van der Waals surface area contributed by atoms with Gasteiger partial charge in [0.2, 0.25) is 0 Å². The lowest BCUT2D eigenvalue weighted by Crippen LogP contribution is -2.39. The molecular formula is C30H28FN5O. The Labute approximate surface area is 214 Å². The van der Waals surface area contributed by atoms with Crippen molar-refractivity contribution in [2.45, 2.75) is 39.0 Å². The predicted octanol–water partition coefficient (Wildman–Crippen LogP) is 7.10. The monoisotopic (exact) mass is 493 g/mol. The van der Waals surface area contributed by atoms with E-state index in [4.69, 9.17) is 14.4 Å². The quantitative estimate of drug-likeness (QED) is 0.283. The maximum atomic E-state index is 14.1. The topological polar surface area (TPSA) is 80.5 Å². The van der Waals surface area contributed by atoms with Crippen molar-refractivity contribution in [3.63, 3.8) is 0 Å². The third-order valence-electron chi connectivity index (χ3n) is 8.58. The molecule has 4 heterocycles. The average molecular weight is 494 g/mol. The average Bonchev–Trinajstić information content (AvgIpc) is 3.59. The number of H-pyrrole nitrogens is 1. The highest BCUT2D eigenvalue weighted by molar-refractivity contribution is 5.88. The molecule has 3 saturated carbocycles. The summed E-state index contributed by atoms with van der Waals surface area (Å²) in [5.41, 5.74) is 3.71. The predicted molar refractivity (Wildman–Crippen MR) is 140 cm³/mol. The fourth-order valence-corrected chi connectivity index (χ4v) is 6.59. The zero-order valence-corrected chi connectivity index (χ0v) is 20.7. The summed E-state index contributed by atoms with van der Waals surface area (Å²) in [5, 5.41) is 7.83. The Bertz CT molecular complexity index is 1570. The maximum Gasteiger partial charge on any atom is 0.181 e. The van der Waals surface area contributed by atoms with E-state index in [2.05, 4.69) is 28.2 Å². The van der Waals surface area contributed by atoms with Crippen molar-refractivity contribution in [2.75, 3.05) is 0 Å². The summed E-state index contributed by atoms with van der Waals surface area (Å²) in [6, 6.07) is 17.4. The van der Waals surface area contributed by atoms with E-state index in [1.165, 1.54) is 37.9 Å². The van der Waals surface area contributed by atoms with E-state index in [-0.39, 0.29) is 0 Å². The number of fused-ring (bicyclic) bond motifs is 4. The van der Waals surface area contributed by atoms with Crippen molar-refractivity contribution >= 4 is 11.0 Å². The van der Waals surface area contributed by atoms with Gasteiger partial charge in [-0.3, -0.25) is 5.10 Å². The van der Waals surface area contributed by atoms with Gasteiger partial charge >= 0.3 is 0 Å². The Morgan fingerprint density at radius 2 is 1.73 bits per heavy atom. The zero-order chi connectivity index (χ0) is 24.9. The molecule has 37 heavy (non-hydrogen) atoms. The summed E-state index contributed by atoms with van der Waals surface area (Å²) in [6.07, 6.45) is 7.42. The fraction of sp³-hybridized carbons (Fsp3) is 0.333. The molecule has 4 aromatic heterocycles. The molecule has 0 spiro atoms. The Kier molecular flexibility index (Phi) is 5.38. The van der Waals surface area contributed by atoms with Gasteiger partial charge in [-0.2, -0.15) is 5.10 Å². The van der Waals surface area contributed by atoms with Gasteiger partial charge in [0.25, 0.3) is 0 Å². The van der Waals surface area contributed by atoms with Crippen LogP contribution in [-0.4, -0.2) is 25.1 Å². The number of halogens is 1. The zero-order valence-electron chi connectivity index (χ0n) is 20.7. The summed E-state index contributed by atoms with van der Waals surface area (Å²) in [7, 11) is 0. The van der Waals surface area contributed by atoms with Gasteiger partial charge in [0.15, 0.2) is 17.2 Å². The third kappa shape index (κ3) is 4.02. The molecule has 0 saturated heterocycles. The van der Waals surface area contributed by atoms with Gasteiger partial charge < -0.3 is 4.42 Å². The van der Waals surface area contributed by atoms with Crippen LogP contribution < -0.4 is 0 Å². The van der Waals surface area contributed by atoms with Gasteiger partial charge in [-0.15, -0.1) is 0 Å². The minimum Gasteiger partial charge on any atom is -0.454 e. The normalized spacial score (nSPS) is 23.1. The van der Waals surface area contributed by atoms with E-state index in [9.17, 15) is 4.39 Å². The van der Waals surface area contributed by atoms with E-state index in [1.807, 2.05) is 42.5 Å². The molecular weight excluding hydrogens is 465 g/mol. The van der Waals surface area contributed by atoms with E-state index in [0.717, 1.165) is 35.3 Å². The van der Waals surface area contributed by atoms with E-state index in [1.54, 1.807) is 0 Å². The summed E-state index contributed by atoms with van der Waals surface area (Å²) < 4.78 is 20.3. The summed E-state index contributed by atoms with van der Waals surface area (Å²) in [4.78, 5) is 14.0. The van der Waals surface area contributed by atoms with Crippen LogP contribution in [0.4, 0.5) is 4.39 Å². The maximum absolute atomic E-state index is 14.1. The number of furan rings is 1. The van der Waals surface area contributed by atoms with Crippen molar-refractivity contribution in [2.24, 2.45) is 23.7 Å². The molecule has 1 aromatic carbocycles. The summed E-state index contributed by atoms with van der Waals surface area (Å²) in [6.45, 7) is 2.42. The summed E-state index contributed by atoms with van der Waals surface area (Å²) in [5.74, 6) is 4.39. The van der Waals surface area contributed by atoms with Gasteiger partial charge in [0.05, 0.1) is 11.6 Å². The molecule has 8 rings (SSSR count). The number of benzene rings is 1. The SMILES string of the molecule is C[C@H]1C2CCC(CC2)[C@@H]1Cc1cc(-c2ccc(-c3ccccc3)o2)nc(-c2[nH]nc3ncc(F)cc23)n1. The lowest BCUT2D eigenvalue weighted by molar-refractivity contribution is 0.0339. The first kappa shape index (κ1) is 22.3. The molecule has 3 fully saturated rings. The second-order valence-corrected chi connectivity index (χ2v) is 10.6. The van der Waals surface area contributed by atoms with Gasteiger partial charge in [-0.1, -0.05) is 37.3 Å². The Morgan fingerprint density at radius 3 is 2.54 bits per heavy atom. The number of pyridine rings is 1. The molecule has 186 valence electrons. The van der Waals surface area contributed by atoms with Crippen molar-refractivity contribution in [3.8, 4) is 34.3 Å². The molecule has 1 N–H and O–H groups in total. The first-order valence-corrected chi connectivity index (χ1v) is 13.2. The van der Waals surface area contributed by atoms with Crippen LogP contribution in [0.25, 0.3) is 45.3 Å². The lowest BCUT2D eigenvalue weighted by atomic mass is 9.58. The molecule has 3 aliphatic rings. The van der Waals surface area contributed by atoms with Crippen molar-refractivity contribution in [1.29, 1.82) is 0 Å². The number of rotatable bonds is 5. The number of aromatic amines is 1. The second kappa shape index (κ2) is 8.91. The molecule has 3 aliphatic carbocycles. The van der Waals surface area contributed by atoms with Crippen LogP contribution in [0, 0.1) is 29.5 Å². The molecule has 5 aromatic rings. The Balaban J connectivity index is 1.32. The third-order valence-corrected chi connectivity index (χ3v) is 8.58. The lowest BCUT2D eigenvalue weighted by Gasteiger charge is -2.47. The number of nitrogens with zero attached hydrogens (tertiary/aromatic N) is 4. The fourth-order valence-electron chi connectivity index (χ4n) is 6.59. The molecule has 6 nitrogen and oxygen atoms in total. The van der Waals surface area contributed by atoms with Gasteiger partial charge in [0, 0.05) is 11.3 Å². The van der Waals surface area contributed by atoms with E-state index < -0.39 is 5.82 Å². The highest BCUT2D eigenvalue weighted by Crippen LogP contribution is 2.49. The molecule has 2 bridgehead atoms. The van der Waals surface area contributed by atoms with Gasteiger partial charge in [-0.05, 0) is 80.0 Å². The van der Waals surface area contributed by atoms with Crippen molar-refractivity contribution in [3.05, 3.63) is 72.3 Å². The summed E-state index contributed by atoms with van der Waals surface area (Å²) >= 11 is 0. The highest BCUT2D eigenvalue weighted by atomic mass is 19.1. The van der Waals surface area contributed by atoms with Crippen LogP contribution in [0.3, 0.4) is 0 Å². The number of hydrogen-bond acceptors (Lipinski definition) is 5. The van der Waals surface area contributed by atoms with Crippen molar-refractivity contribution in [1.82, 2.24) is 25.1 Å². The minimum atomic E-state index is -0.419. The van der Waals surface area contributed by atoms with Crippen LogP contribution in [0.15, 0.2) is 65.2 Å². The second-order valence-electron chi connectivity index (χ2n) is 10.6. The molecule has 2 atom stereocenters. The smallest absolute Gasteiger partial charge is 0.181 e. The highest BCUT2D eigenvalue weighted by Gasteiger charge is 2.41. The first-order valence-electron chi connectivity index (χ1n) is 13.2. The molecule has 0 radical (unpaired) electrons. The number of nitrogens with one attached hydrogen (secondary N) is 1. The first-order chi connectivity index (χ1) is 18.1. The largest absolute Gasteiger partial charge is 0.454 e.